The fourth-order valence-electron chi connectivity index (χ4n) is 3.49. The highest BCUT2D eigenvalue weighted by Crippen LogP contribution is 2.24. The van der Waals surface area contributed by atoms with Gasteiger partial charge in [0.2, 0.25) is 0 Å². The van der Waals surface area contributed by atoms with Crippen LogP contribution in [0.2, 0.25) is 0 Å². The first kappa shape index (κ1) is 21.2. The first-order valence-corrected chi connectivity index (χ1v) is 11.5. The van der Waals surface area contributed by atoms with Crippen molar-refractivity contribution in [3.8, 4) is 5.75 Å². The molecule has 1 saturated carbocycles. The van der Waals surface area contributed by atoms with Crippen LogP contribution >= 0.6 is 0 Å². The molecule has 1 aliphatic carbocycles. The number of amides is 1. The average Bonchev–Trinajstić information content (AvgIpc) is 2.70. The van der Waals surface area contributed by atoms with E-state index in [9.17, 15) is 13.2 Å². The Morgan fingerprint density at radius 1 is 1.07 bits per heavy atom. The summed E-state index contributed by atoms with van der Waals surface area (Å²) in [6.07, 6.45) is 4.20. The molecule has 0 unspecified atom stereocenters. The lowest BCUT2D eigenvalue weighted by Crippen LogP contribution is -2.37. The quantitative estimate of drug-likeness (QED) is 0.709. The fourth-order valence-corrected chi connectivity index (χ4v) is 4.54. The minimum Gasteiger partial charge on any atom is -0.494 e. The van der Waals surface area contributed by atoms with E-state index < -0.39 is 10.0 Å². The first-order valence-electron chi connectivity index (χ1n) is 10.0. The molecule has 1 amide bonds. The minimum absolute atomic E-state index is 0.132. The van der Waals surface area contributed by atoms with Crippen LogP contribution < -0.4 is 14.8 Å². The molecular weight excluding hydrogens is 388 g/mol. The van der Waals surface area contributed by atoms with Gasteiger partial charge in [-0.25, -0.2) is 8.42 Å². The summed E-state index contributed by atoms with van der Waals surface area (Å²) < 4.78 is 33.2. The van der Waals surface area contributed by atoms with Gasteiger partial charge in [0.1, 0.15) is 5.75 Å². The summed E-state index contributed by atoms with van der Waals surface area (Å²) in [7, 11) is -3.76. The Balaban J connectivity index is 1.67. The molecule has 0 saturated heterocycles. The summed E-state index contributed by atoms with van der Waals surface area (Å²) in [5.74, 6) is 1.15. The van der Waals surface area contributed by atoms with Gasteiger partial charge in [-0.2, -0.15) is 0 Å². The summed E-state index contributed by atoms with van der Waals surface area (Å²) in [5, 5.41) is 3.07. The van der Waals surface area contributed by atoms with Crippen LogP contribution in [0.1, 0.15) is 49.9 Å². The van der Waals surface area contributed by atoms with Crippen LogP contribution in [-0.2, 0) is 10.0 Å². The minimum atomic E-state index is -3.76. The molecule has 0 bridgehead atoms. The van der Waals surface area contributed by atoms with Gasteiger partial charge in [-0.3, -0.25) is 9.52 Å². The van der Waals surface area contributed by atoms with Gasteiger partial charge in [0, 0.05) is 17.3 Å². The molecule has 6 nitrogen and oxygen atoms in total. The molecule has 0 aromatic heterocycles. The zero-order valence-corrected chi connectivity index (χ0v) is 17.7. The third-order valence-electron chi connectivity index (χ3n) is 5.17. The molecule has 0 radical (unpaired) electrons. The lowest BCUT2D eigenvalue weighted by Gasteiger charge is -2.27. The molecule has 7 heteroatoms. The molecular formula is C22H28N2O4S. The second-order valence-corrected chi connectivity index (χ2v) is 9.20. The van der Waals surface area contributed by atoms with Crippen molar-refractivity contribution in [3.63, 3.8) is 0 Å². The number of carbonyl (C=O) groups is 1. The first-order chi connectivity index (χ1) is 13.9. The molecule has 1 aliphatic rings. The maximum Gasteiger partial charge on any atom is 0.261 e. The molecule has 0 heterocycles. The number of ether oxygens (including phenoxy) is 1. The van der Waals surface area contributed by atoms with Gasteiger partial charge in [0.25, 0.3) is 15.9 Å². The number of anilines is 1. The van der Waals surface area contributed by atoms with Crippen molar-refractivity contribution in [2.75, 3.05) is 11.3 Å². The highest BCUT2D eigenvalue weighted by atomic mass is 32.2. The van der Waals surface area contributed by atoms with Crippen LogP contribution in [0.5, 0.6) is 5.75 Å². The van der Waals surface area contributed by atoms with E-state index in [4.69, 9.17) is 4.74 Å². The maximum absolute atomic E-state index is 12.6. The van der Waals surface area contributed by atoms with Crippen molar-refractivity contribution in [3.05, 3.63) is 54.1 Å². The van der Waals surface area contributed by atoms with E-state index in [-0.39, 0.29) is 16.8 Å². The van der Waals surface area contributed by atoms with Crippen molar-refractivity contribution in [2.24, 2.45) is 5.92 Å². The Morgan fingerprint density at radius 2 is 1.76 bits per heavy atom. The Hall–Kier alpha value is -2.54. The molecule has 29 heavy (non-hydrogen) atoms. The van der Waals surface area contributed by atoms with Crippen LogP contribution in [0.3, 0.4) is 0 Å². The van der Waals surface area contributed by atoms with Crippen molar-refractivity contribution >= 4 is 21.6 Å². The average molecular weight is 417 g/mol. The molecule has 0 spiro atoms. The van der Waals surface area contributed by atoms with E-state index in [0.29, 0.717) is 29.5 Å². The van der Waals surface area contributed by atoms with Gasteiger partial charge < -0.3 is 10.1 Å². The third-order valence-corrected chi connectivity index (χ3v) is 6.57. The van der Waals surface area contributed by atoms with Crippen molar-refractivity contribution in [1.29, 1.82) is 0 Å². The summed E-state index contributed by atoms with van der Waals surface area (Å²) in [4.78, 5) is 12.7. The molecule has 3 rings (SSSR count). The lowest BCUT2D eigenvalue weighted by atomic mass is 9.87. The Morgan fingerprint density at radius 3 is 2.41 bits per heavy atom. The standard InChI is InChI=1S/C22H28N2O4S/c1-3-28-20-11-13-21(14-12-20)29(26,27)24-19-6-4-5-17(15-19)22(25)23-18-9-7-16(2)8-10-18/h4-6,11-16,18,24H,3,7-10H2,1-2H3,(H,23,25). The zero-order valence-electron chi connectivity index (χ0n) is 16.9. The SMILES string of the molecule is CCOc1ccc(S(=O)(=O)Nc2cccc(C(=O)NC3CCC(C)CC3)c2)cc1. The smallest absolute Gasteiger partial charge is 0.261 e. The number of hydrogen-bond acceptors (Lipinski definition) is 4. The highest BCUT2D eigenvalue weighted by Gasteiger charge is 2.21. The fraction of sp³-hybridized carbons (Fsp3) is 0.409. The molecule has 2 aromatic rings. The van der Waals surface area contributed by atoms with E-state index in [1.165, 1.54) is 12.1 Å². The number of nitrogens with one attached hydrogen (secondary N) is 2. The molecule has 156 valence electrons. The van der Waals surface area contributed by atoms with Crippen LogP contribution in [0.25, 0.3) is 0 Å². The topological polar surface area (TPSA) is 84.5 Å². The number of hydrogen-bond donors (Lipinski definition) is 2. The van der Waals surface area contributed by atoms with Gasteiger partial charge in [-0.15, -0.1) is 0 Å². The van der Waals surface area contributed by atoms with Gasteiger partial charge in [-0.05, 0) is 81.0 Å². The number of rotatable bonds is 7. The monoisotopic (exact) mass is 416 g/mol. The van der Waals surface area contributed by atoms with Crippen LogP contribution in [0, 0.1) is 5.92 Å². The molecule has 2 N–H and O–H groups in total. The molecule has 0 aliphatic heterocycles. The predicted octanol–water partition coefficient (Wildman–Crippen LogP) is 4.19. The van der Waals surface area contributed by atoms with Crippen molar-refractivity contribution in [2.45, 2.75) is 50.5 Å². The summed E-state index contributed by atoms with van der Waals surface area (Å²) >= 11 is 0. The van der Waals surface area contributed by atoms with E-state index >= 15 is 0 Å². The number of sulfonamides is 1. The van der Waals surface area contributed by atoms with Crippen molar-refractivity contribution < 1.29 is 17.9 Å². The number of carbonyl (C=O) groups excluding carboxylic acids is 1. The Bertz CT molecular complexity index is 934. The van der Waals surface area contributed by atoms with E-state index in [1.54, 1.807) is 36.4 Å². The zero-order chi connectivity index (χ0) is 20.9. The summed E-state index contributed by atoms with van der Waals surface area (Å²) in [6.45, 7) is 4.61. The van der Waals surface area contributed by atoms with Gasteiger partial charge in [0.15, 0.2) is 0 Å². The van der Waals surface area contributed by atoms with Crippen LogP contribution in [0.15, 0.2) is 53.4 Å². The summed E-state index contributed by atoms with van der Waals surface area (Å²) in [6, 6.07) is 13.0. The lowest BCUT2D eigenvalue weighted by molar-refractivity contribution is 0.0923. The van der Waals surface area contributed by atoms with Gasteiger partial charge in [-0.1, -0.05) is 13.0 Å². The normalized spacial score (nSPS) is 19.4. The highest BCUT2D eigenvalue weighted by molar-refractivity contribution is 7.92. The molecule has 0 atom stereocenters. The van der Waals surface area contributed by atoms with Crippen molar-refractivity contribution in [1.82, 2.24) is 5.32 Å². The number of benzene rings is 2. The van der Waals surface area contributed by atoms with E-state index in [0.717, 1.165) is 25.7 Å². The molecule has 2 aromatic carbocycles. The largest absolute Gasteiger partial charge is 0.494 e. The second-order valence-electron chi connectivity index (χ2n) is 7.52. The van der Waals surface area contributed by atoms with Gasteiger partial charge in [0.05, 0.1) is 11.5 Å². The van der Waals surface area contributed by atoms with E-state index in [1.807, 2.05) is 6.92 Å². The van der Waals surface area contributed by atoms with Gasteiger partial charge >= 0.3 is 0 Å². The van der Waals surface area contributed by atoms with E-state index in [2.05, 4.69) is 17.0 Å². The molecule has 1 fully saturated rings. The second kappa shape index (κ2) is 9.31. The van der Waals surface area contributed by atoms with Crippen LogP contribution in [0.4, 0.5) is 5.69 Å². The third kappa shape index (κ3) is 5.73. The Kier molecular flexibility index (Phi) is 6.79. The maximum atomic E-state index is 12.6. The Labute approximate surface area is 172 Å². The summed E-state index contributed by atoms with van der Waals surface area (Å²) in [5.41, 5.74) is 0.791. The van der Waals surface area contributed by atoms with Crippen LogP contribution in [-0.4, -0.2) is 27.0 Å². The predicted molar refractivity (Wildman–Crippen MR) is 114 cm³/mol.